The van der Waals surface area contributed by atoms with Crippen LogP contribution in [0.5, 0.6) is 0 Å². The molecule has 2 atom stereocenters. The predicted octanol–water partition coefficient (Wildman–Crippen LogP) is 3.11. The zero-order chi connectivity index (χ0) is 17.0. The number of nitrogens with zero attached hydrogens (tertiary/aromatic N) is 2. The van der Waals surface area contributed by atoms with Crippen molar-refractivity contribution in [1.82, 2.24) is 4.90 Å². The van der Waals surface area contributed by atoms with Gasteiger partial charge in [0.2, 0.25) is 0 Å². The van der Waals surface area contributed by atoms with Gasteiger partial charge in [0.05, 0.1) is 24.1 Å². The first-order valence-electron chi connectivity index (χ1n) is 8.09. The molecule has 1 fully saturated rings. The molecule has 5 nitrogen and oxygen atoms in total. The number of nitriles is 1. The quantitative estimate of drug-likeness (QED) is 0.900. The molecular formula is C18H25N3O2. The van der Waals surface area contributed by atoms with Gasteiger partial charge in [0, 0.05) is 12.2 Å². The molecule has 23 heavy (non-hydrogen) atoms. The lowest BCUT2D eigenvalue weighted by Gasteiger charge is -2.38. The summed E-state index contributed by atoms with van der Waals surface area (Å²) >= 11 is 0. The number of piperidine rings is 1. The van der Waals surface area contributed by atoms with Gasteiger partial charge in [-0.2, -0.15) is 5.26 Å². The van der Waals surface area contributed by atoms with Gasteiger partial charge in [-0.05, 0) is 50.3 Å². The Morgan fingerprint density at radius 1 is 1.43 bits per heavy atom. The first kappa shape index (κ1) is 17.3. The number of rotatable bonds is 3. The first-order valence-corrected chi connectivity index (χ1v) is 8.09. The summed E-state index contributed by atoms with van der Waals surface area (Å²) in [5.74, 6) is 0.304. The average molecular weight is 315 g/mol. The molecule has 2 rings (SSSR count). The van der Waals surface area contributed by atoms with Crippen LogP contribution in [0.25, 0.3) is 0 Å². The van der Waals surface area contributed by atoms with Crippen LogP contribution in [0, 0.1) is 17.2 Å². The molecule has 0 bridgehead atoms. The SMILES string of the molecule is CC1CCCN(C(=O)Nc2ccc(C(C)(C)C#N)cc2)C1CO. The van der Waals surface area contributed by atoms with Crippen molar-refractivity contribution in [3.63, 3.8) is 0 Å². The highest BCUT2D eigenvalue weighted by Crippen LogP contribution is 2.25. The molecule has 0 aliphatic carbocycles. The summed E-state index contributed by atoms with van der Waals surface area (Å²) in [5, 5.41) is 21.6. The van der Waals surface area contributed by atoms with Crippen LogP contribution in [-0.4, -0.2) is 35.2 Å². The average Bonchev–Trinajstić information content (AvgIpc) is 2.55. The Balaban J connectivity index is 2.07. The maximum atomic E-state index is 12.5. The number of aliphatic hydroxyl groups excluding tert-OH is 1. The van der Waals surface area contributed by atoms with Crippen LogP contribution in [0.3, 0.4) is 0 Å². The Kier molecular flexibility index (Phi) is 5.27. The maximum Gasteiger partial charge on any atom is 0.322 e. The van der Waals surface area contributed by atoms with Gasteiger partial charge >= 0.3 is 6.03 Å². The third kappa shape index (κ3) is 3.83. The summed E-state index contributed by atoms with van der Waals surface area (Å²) in [7, 11) is 0. The molecule has 0 spiro atoms. The molecule has 1 aromatic carbocycles. The largest absolute Gasteiger partial charge is 0.394 e. The van der Waals surface area contributed by atoms with Crippen molar-refractivity contribution in [2.24, 2.45) is 5.92 Å². The molecule has 2 unspecified atom stereocenters. The third-order valence-corrected chi connectivity index (χ3v) is 4.70. The highest BCUT2D eigenvalue weighted by molar-refractivity contribution is 5.89. The Morgan fingerprint density at radius 2 is 2.09 bits per heavy atom. The van der Waals surface area contributed by atoms with E-state index in [1.165, 1.54) is 0 Å². The lowest BCUT2D eigenvalue weighted by Crippen LogP contribution is -2.51. The fourth-order valence-corrected chi connectivity index (χ4v) is 3.01. The molecular weight excluding hydrogens is 290 g/mol. The zero-order valence-corrected chi connectivity index (χ0v) is 14.0. The standard InChI is InChI=1S/C18H25N3O2/c1-13-5-4-10-21(16(13)11-22)17(23)20-15-8-6-14(7-9-15)18(2,3)12-19/h6-9,13,16,22H,4-5,10-11H2,1-3H3,(H,20,23). The van der Waals surface area contributed by atoms with Crippen LogP contribution in [0.15, 0.2) is 24.3 Å². The molecule has 1 aromatic rings. The molecule has 0 aromatic heterocycles. The molecule has 1 heterocycles. The number of anilines is 1. The summed E-state index contributed by atoms with van der Waals surface area (Å²) in [4.78, 5) is 14.2. The summed E-state index contributed by atoms with van der Waals surface area (Å²) < 4.78 is 0. The molecule has 2 N–H and O–H groups in total. The number of carbonyl (C=O) groups is 1. The molecule has 2 amide bonds. The van der Waals surface area contributed by atoms with E-state index in [1.807, 2.05) is 38.1 Å². The van der Waals surface area contributed by atoms with Gasteiger partial charge in [0.25, 0.3) is 0 Å². The number of urea groups is 1. The smallest absolute Gasteiger partial charge is 0.322 e. The first-order chi connectivity index (χ1) is 10.9. The van der Waals surface area contributed by atoms with Crippen LogP contribution >= 0.6 is 0 Å². The monoisotopic (exact) mass is 315 g/mol. The summed E-state index contributed by atoms with van der Waals surface area (Å²) in [6, 6.07) is 9.31. The Labute approximate surface area is 137 Å². The van der Waals surface area contributed by atoms with Crippen molar-refractivity contribution in [1.29, 1.82) is 5.26 Å². The zero-order valence-electron chi connectivity index (χ0n) is 14.0. The molecule has 124 valence electrons. The van der Waals surface area contributed by atoms with Gasteiger partial charge in [-0.3, -0.25) is 0 Å². The molecule has 1 aliphatic rings. The van der Waals surface area contributed by atoms with Gasteiger partial charge in [0.15, 0.2) is 0 Å². The number of hydrogen-bond donors (Lipinski definition) is 2. The number of likely N-dealkylation sites (tertiary alicyclic amines) is 1. The molecule has 0 saturated carbocycles. The van der Waals surface area contributed by atoms with E-state index in [1.54, 1.807) is 4.90 Å². The second-order valence-corrected chi connectivity index (χ2v) is 6.81. The Hall–Kier alpha value is -2.06. The second kappa shape index (κ2) is 7.01. The second-order valence-electron chi connectivity index (χ2n) is 6.81. The van der Waals surface area contributed by atoms with Crippen LogP contribution < -0.4 is 5.32 Å². The number of benzene rings is 1. The number of carbonyl (C=O) groups excluding carboxylic acids is 1. The predicted molar refractivity (Wildman–Crippen MR) is 90.1 cm³/mol. The summed E-state index contributed by atoms with van der Waals surface area (Å²) in [6.07, 6.45) is 1.99. The summed E-state index contributed by atoms with van der Waals surface area (Å²) in [6.45, 7) is 6.45. The van der Waals surface area contributed by atoms with E-state index in [9.17, 15) is 9.90 Å². The molecule has 1 saturated heterocycles. The van der Waals surface area contributed by atoms with Crippen molar-refractivity contribution in [2.75, 3.05) is 18.5 Å². The van der Waals surface area contributed by atoms with Crippen LogP contribution in [0.2, 0.25) is 0 Å². The van der Waals surface area contributed by atoms with Gasteiger partial charge < -0.3 is 15.3 Å². The van der Waals surface area contributed by atoms with E-state index < -0.39 is 5.41 Å². The normalized spacial score (nSPS) is 21.6. The van der Waals surface area contributed by atoms with Gasteiger partial charge in [-0.15, -0.1) is 0 Å². The highest BCUT2D eigenvalue weighted by Gasteiger charge is 2.31. The summed E-state index contributed by atoms with van der Waals surface area (Å²) in [5.41, 5.74) is 1.06. The fraction of sp³-hybridized carbons (Fsp3) is 0.556. The fourth-order valence-electron chi connectivity index (χ4n) is 3.01. The minimum absolute atomic E-state index is 0.0100. The molecule has 1 aliphatic heterocycles. The van der Waals surface area contributed by atoms with Gasteiger partial charge in [-0.1, -0.05) is 19.1 Å². The van der Waals surface area contributed by atoms with E-state index in [-0.39, 0.29) is 18.7 Å². The van der Waals surface area contributed by atoms with Crippen molar-refractivity contribution in [3.05, 3.63) is 29.8 Å². The van der Waals surface area contributed by atoms with Crippen LogP contribution in [0.1, 0.15) is 39.2 Å². The van der Waals surface area contributed by atoms with E-state index in [0.29, 0.717) is 18.2 Å². The lowest BCUT2D eigenvalue weighted by atomic mass is 9.86. The number of nitrogens with one attached hydrogen (secondary N) is 1. The van der Waals surface area contributed by atoms with Crippen molar-refractivity contribution in [2.45, 2.75) is 45.1 Å². The van der Waals surface area contributed by atoms with E-state index in [4.69, 9.17) is 5.26 Å². The van der Waals surface area contributed by atoms with Crippen LogP contribution in [0.4, 0.5) is 10.5 Å². The van der Waals surface area contributed by atoms with Crippen molar-refractivity contribution >= 4 is 11.7 Å². The van der Waals surface area contributed by atoms with Crippen molar-refractivity contribution < 1.29 is 9.90 Å². The van der Waals surface area contributed by atoms with Crippen LogP contribution in [-0.2, 0) is 5.41 Å². The Bertz CT molecular complexity index is 589. The van der Waals surface area contributed by atoms with Gasteiger partial charge in [0.1, 0.15) is 0 Å². The lowest BCUT2D eigenvalue weighted by molar-refractivity contribution is 0.0811. The van der Waals surface area contributed by atoms with Gasteiger partial charge in [-0.25, -0.2) is 4.79 Å². The minimum atomic E-state index is -0.549. The Morgan fingerprint density at radius 3 is 2.65 bits per heavy atom. The number of hydrogen-bond acceptors (Lipinski definition) is 3. The van der Waals surface area contributed by atoms with E-state index in [2.05, 4.69) is 18.3 Å². The topological polar surface area (TPSA) is 76.4 Å². The minimum Gasteiger partial charge on any atom is -0.394 e. The number of aliphatic hydroxyl groups is 1. The highest BCUT2D eigenvalue weighted by atomic mass is 16.3. The maximum absolute atomic E-state index is 12.5. The van der Waals surface area contributed by atoms with Crippen molar-refractivity contribution in [3.8, 4) is 6.07 Å². The van der Waals surface area contributed by atoms with E-state index in [0.717, 1.165) is 18.4 Å². The molecule has 0 radical (unpaired) electrons. The molecule has 5 heteroatoms. The third-order valence-electron chi connectivity index (χ3n) is 4.70. The van der Waals surface area contributed by atoms with E-state index >= 15 is 0 Å². The number of amides is 2.